The zero-order valence-corrected chi connectivity index (χ0v) is 14.5. The molecule has 1 amide bonds. The molecule has 0 atom stereocenters. The molecule has 0 unspecified atom stereocenters. The number of aromatic nitrogens is 3. The van der Waals surface area contributed by atoms with Crippen LogP contribution >= 0.6 is 0 Å². The molecule has 0 radical (unpaired) electrons. The maximum absolute atomic E-state index is 12.7. The maximum Gasteiger partial charge on any atom is 0.225 e. The monoisotopic (exact) mass is 343 g/mol. The molecule has 0 aromatic carbocycles. The number of nitrogens with zero attached hydrogens (tertiary/aromatic N) is 5. The number of amides is 1. The van der Waals surface area contributed by atoms with Crippen molar-refractivity contribution in [2.45, 2.75) is 25.8 Å². The topological polar surface area (TPSA) is 63.0 Å². The summed E-state index contributed by atoms with van der Waals surface area (Å²) in [6, 6.07) is 1.88. The van der Waals surface area contributed by atoms with Gasteiger partial charge in [-0.3, -0.25) is 9.69 Å². The fourth-order valence-corrected chi connectivity index (χ4v) is 3.78. The number of carbonyl (C=O) groups excluding carboxylic acids is 1. The molecule has 2 fully saturated rings. The number of fused-ring (bicyclic) bond motifs is 1. The molecule has 4 rings (SSSR count). The molecule has 0 aliphatic carbocycles. The quantitative estimate of drug-likeness (QED) is 0.838. The molecule has 2 aliphatic rings. The summed E-state index contributed by atoms with van der Waals surface area (Å²) in [6.07, 6.45) is 8.37. The predicted molar refractivity (Wildman–Crippen MR) is 93.0 cm³/mol. The van der Waals surface area contributed by atoms with Crippen LogP contribution in [0.3, 0.4) is 0 Å². The summed E-state index contributed by atoms with van der Waals surface area (Å²) < 4.78 is 7.19. The standard InChI is InChI=1S/C18H25N5O2/c24-18(15-3-11-25-12-4-15)22-7-2-6-21(9-10-22)14-16-13-20-23-8-1-5-19-17(16)23/h1,5,8,13,15H,2-4,6-7,9-12,14H2. The first-order chi connectivity index (χ1) is 12.3. The van der Waals surface area contributed by atoms with Gasteiger partial charge in [-0.1, -0.05) is 0 Å². The van der Waals surface area contributed by atoms with E-state index in [4.69, 9.17) is 4.74 Å². The Hall–Kier alpha value is -1.99. The molecule has 0 saturated carbocycles. The Morgan fingerprint density at radius 3 is 2.96 bits per heavy atom. The third-order valence-corrected chi connectivity index (χ3v) is 5.22. The van der Waals surface area contributed by atoms with E-state index in [1.54, 1.807) is 6.20 Å². The van der Waals surface area contributed by atoms with Gasteiger partial charge in [0.05, 0.1) is 6.20 Å². The molecule has 2 aromatic rings. The van der Waals surface area contributed by atoms with E-state index in [1.807, 2.05) is 23.0 Å². The van der Waals surface area contributed by atoms with Crippen molar-refractivity contribution in [3.05, 3.63) is 30.2 Å². The fourth-order valence-electron chi connectivity index (χ4n) is 3.78. The van der Waals surface area contributed by atoms with E-state index in [2.05, 4.69) is 19.9 Å². The van der Waals surface area contributed by atoms with Crippen LogP contribution in [0.1, 0.15) is 24.8 Å². The molecule has 2 aromatic heterocycles. The largest absolute Gasteiger partial charge is 0.381 e. The summed E-state index contributed by atoms with van der Waals surface area (Å²) in [5.74, 6) is 0.479. The van der Waals surface area contributed by atoms with E-state index >= 15 is 0 Å². The van der Waals surface area contributed by atoms with Crippen LogP contribution in [0, 0.1) is 5.92 Å². The zero-order chi connectivity index (χ0) is 17.1. The summed E-state index contributed by atoms with van der Waals surface area (Å²) >= 11 is 0. The van der Waals surface area contributed by atoms with E-state index in [-0.39, 0.29) is 5.92 Å². The number of hydrogen-bond acceptors (Lipinski definition) is 5. The molecule has 25 heavy (non-hydrogen) atoms. The Morgan fingerprint density at radius 1 is 1.20 bits per heavy atom. The lowest BCUT2D eigenvalue weighted by atomic mass is 9.98. The second kappa shape index (κ2) is 7.49. The minimum Gasteiger partial charge on any atom is -0.381 e. The number of carbonyl (C=O) groups is 1. The van der Waals surface area contributed by atoms with Crippen molar-refractivity contribution in [3.63, 3.8) is 0 Å². The molecule has 7 nitrogen and oxygen atoms in total. The van der Waals surface area contributed by atoms with E-state index in [1.165, 1.54) is 0 Å². The summed E-state index contributed by atoms with van der Waals surface area (Å²) in [4.78, 5) is 21.6. The lowest BCUT2D eigenvalue weighted by Crippen LogP contribution is -2.40. The van der Waals surface area contributed by atoms with Crippen molar-refractivity contribution < 1.29 is 9.53 Å². The Labute approximate surface area is 147 Å². The van der Waals surface area contributed by atoms with Gasteiger partial charge in [0.15, 0.2) is 5.65 Å². The molecule has 0 N–H and O–H groups in total. The minimum absolute atomic E-state index is 0.157. The van der Waals surface area contributed by atoms with Gasteiger partial charge in [-0.15, -0.1) is 0 Å². The summed E-state index contributed by atoms with van der Waals surface area (Å²) in [6.45, 7) is 5.85. The lowest BCUT2D eigenvalue weighted by Gasteiger charge is -2.28. The minimum atomic E-state index is 0.157. The van der Waals surface area contributed by atoms with E-state index in [0.717, 1.165) is 76.4 Å². The first-order valence-corrected chi connectivity index (χ1v) is 9.17. The first kappa shape index (κ1) is 16.5. The van der Waals surface area contributed by atoms with Gasteiger partial charge in [-0.2, -0.15) is 5.10 Å². The highest BCUT2D eigenvalue weighted by Gasteiger charge is 2.27. The molecule has 4 heterocycles. The molecule has 0 spiro atoms. The first-order valence-electron chi connectivity index (χ1n) is 9.17. The maximum atomic E-state index is 12.7. The van der Waals surface area contributed by atoms with Gasteiger partial charge in [0.1, 0.15) is 0 Å². The van der Waals surface area contributed by atoms with E-state index in [9.17, 15) is 4.79 Å². The van der Waals surface area contributed by atoms with Crippen molar-refractivity contribution >= 4 is 11.6 Å². The van der Waals surface area contributed by atoms with Crippen LogP contribution in [0.15, 0.2) is 24.7 Å². The molecular formula is C18H25N5O2. The van der Waals surface area contributed by atoms with Gasteiger partial charge < -0.3 is 9.64 Å². The number of ether oxygens (including phenoxy) is 1. The van der Waals surface area contributed by atoms with Crippen molar-refractivity contribution in [2.75, 3.05) is 39.4 Å². The Balaban J connectivity index is 1.37. The summed E-state index contributed by atoms with van der Waals surface area (Å²) in [5.41, 5.74) is 2.06. The summed E-state index contributed by atoms with van der Waals surface area (Å²) in [7, 11) is 0. The SMILES string of the molecule is O=C(C1CCOCC1)N1CCCN(Cc2cnn3cccnc23)CC1. The number of rotatable bonds is 3. The predicted octanol–water partition coefficient (Wildman–Crippen LogP) is 1.19. The Bertz CT molecular complexity index is 725. The van der Waals surface area contributed by atoms with E-state index in [0.29, 0.717) is 5.91 Å². The Morgan fingerprint density at radius 2 is 2.08 bits per heavy atom. The average Bonchev–Trinajstić information content (AvgIpc) is 2.92. The van der Waals surface area contributed by atoms with Gasteiger partial charge in [0.2, 0.25) is 5.91 Å². The van der Waals surface area contributed by atoms with E-state index < -0.39 is 0 Å². The zero-order valence-electron chi connectivity index (χ0n) is 14.5. The molecular weight excluding hydrogens is 318 g/mol. The van der Waals surface area contributed by atoms with Gasteiger partial charge in [-0.05, 0) is 25.3 Å². The highest BCUT2D eigenvalue weighted by atomic mass is 16.5. The third-order valence-electron chi connectivity index (χ3n) is 5.22. The van der Waals surface area contributed by atoms with Crippen LogP contribution in [0.2, 0.25) is 0 Å². The second-order valence-electron chi connectivity index (χ2n) is 6.90. The molecule has 7 heteroatoms. The van der Waals surface area contributed by atoms with Crippen LogP contribution in [-0.2, 0) is 16.1 Å². The molecule has 2 saturated heterocycles. The van der Waals surface area contributed by atoms with Gasteiger partial charge in [0, 0.05) is 69.8 Å². The lowest BCUT2D eigenvalue weighted by molar-refractivity contribution is -0.138. The van der Waals surface area contributed by atoms with Crippen LogP contribution in [0.25, 0.3) is 5.65 Å². The highest BCUT2D eigenvalue weighted by molar-refractivity contribution is 5.79. The van der Waals surface area contributed by atoms with Crippen LogP contribution in [0.4, 0.5) is 0 Å². The fraction of sp³-hybridized carbons (Fsp3) is 0.611. The highest BCUT2D eigenvalue weighted by Crippen LogP contribution is 2.19. The molecule has 134 valence electrons. The third kappa shape index (κ3) is 3.67. The smallest absolute Gasteiger partial charge is 0.225 e. The van der Waals surface area contributed by atoms with Crippen LogP contribution in [0.5, 0.6) is 0 Å². The van der Waals surface area contributed by atoms with Gasteiger partial charge in [-0.25, -0.2) is 9.50 Å². The molecule has 0 bridgehead atoms. The van der Waals surface area contributed by atoms with Crippen molar-refractivity contribution in [1.29, 1.82) is 0 Å². The number of hydrogen-bond donors (Lipinski definition) is 0. The van der Waals surface area contributed by atoms with Crippen molar-refractivity contribution in [2.24, 2.45) is 5.92 Å². The Kier molecular flexibility index (Phi) is 4.94. The summed E-state index contributed by atoms with van der Waals surface area (Å²) in [5, 5.41) is 4.36. The van der Waals surface area contributed by atoms with Gasteiger partial charge in [0.25, 0.3) is 0 Å². The average molecular weight is 343 g/mol. The van der Waals surface area contributed by atoms with Crippen LogP contribution in [-0.4, -0.2) is 69.7 Å². The normalized spacial score (nSPS) is 20.7. The second-order valence-corrected chi connectivity index (χ2v) is 6.90. The van der Waals surface area contributed by atoms with Crippen LogP contribution < -0.4 is 0 Å². The van der Waals surface area contributed by atoms with Crippen molar-refractivity contribution in [1.82, 2.24) is 24.4 Å². The van der Waals surface area contributed by atoms with Crippen molar-refractivity contribution in [3.8, 4) is 0 Å². The van der Waals surface area contributed by atoms with Gasteiger partial charge >= 0.3 is 0 Å². The molecule has 2 aliphatic heterocycles.